The third-order valence-electron chi connectivity index (χ3n) is 2.03. The molecule has 0 bridgehead atoms. The zero-order valence-electron chi connectivity index (χ0n) is 8.86. The quantitative estimate of drug-likeness (QED) is 0.750. The lowest BCUT2D eigenvalue weighted by Crippen LogP contribution is -2.03. The molecule has 0 radical (unpaired) electrons. The van der Waals surface area contributed by atoms with Crippen molar-refractivity contribution in [3.8, 4) is 6.07 Å². The van der Waals surface area contributed by atoms with Crippen molar-refractivity contribution < 1.29 is 0 Å². The van der Waals surface area contributed by atoms with Gasteiger partial charge in [0.1, 0.15) is 6.07 Å². The molecular weight excluding hydrogens is 206 g/mol. The lowest BCUT2D eigenvalue weighted by molar-refractivity contribution is 0.842. The minimum absolute atomic E-state index is 0.662. The molecule has 0 aliphatic rings. The van der Waals surface area contributed by atoms with Gasteiger partial charge in [-0.1, -0.05) is 0 Å². The van der Waals surface area contributed by atoms with Gasteiger partial charge in [-0.25, -0.2) is 0 Å². The van der Waals surface area contributed by atoms with Gasteiger partial charge in [0.25, 0.3) is 0 Å². The molecule has 1 aromatic heterocycles. The van der Waals surface area contributed by atoms with Gasteiger partial charge in [0.2, 0.25) is 0 Å². The van der Waals surface area contributed by atoms with E-state index in [9.17, 15) is 0 Å². The summed E-state index contributed by atoms with van der Waals surface area (Å²) < 4.78 is 0. The monoisotopic (exact) mass is 221 g/mol. The van der Waals surface area contributed by atoms with Gasteiger partial charge < -0.3 is 5.32 Å². The first-order valence-electron chi connectivity index (χ1n) is 4.95. The third-order valence-corrected chi connectivity index (χ3v) is 2.73. The summed E-state index contributed by atoms with van der Waals surface area (Å²) in [6.07, 6.45) is 7.78. The third kappa shape index (κ3) is 4.22. The number of hydrogen-bond donors (Lipinski definition) is 1. The molecule has 1 rings (SSSR count). The van der Waals surface area contributed by atoms with Crippen molar-refractivity contribution in [1.82, 2.24) is 4.98 Å². The van der Waals surface area contributed by atoms with Crippen LogP contribution in [0.15, 0.2) is 18.5 Å². The first-order valence-corrected chi connectivity index (χ1v) is 6.35. The van der Waals surface area contributed by atoms with Crippen molar-refractivity contribution in [1.29, 1.82) is 5.26 Å². The van der Waals surface area contributed by atoms with Gasteiger partial charge in [-0.3, -0.25) is 4.98 Å². The molecule has 1 aromatic rings. The van der Waals surface area contributed by atoms with Crippen LogP contribution in [0.1, 0.15) is 18.4 Å². The second kappa shape index (κ2) is 7.13. The predicted molar refractivity (Wildman–Crippen MR) is 65.1 cm³/mol. The fraction of sp³-hybridized carbons (Fsp3) is 0.455. The first kappa shape index (κ1) is 11.9. The summed E-state index contributed by atoms with van der Waals surface area (Å²) >= 11 is 1.86. The van der Waals surface area contributed by atoms with Crippen LogP contribution in [0.25, 0.3) is 0 Å². The van der Waals surface area contributed by atoms with Crippen molar-refractivity contribution >= 4 is 17.4 Å². The molecule has 0 amide bonds. The van der Waals surface area contributed by atoms with E-state index in [1.807, 2.05) is 11.8 Å². The number of pyridine rings is 1. The average Bonchev–Trinajstić information content (AvgIpc) is 2.29. The van der Waals surface area contributed by atoms with E-state index in [1.165, 1.54) is 12.2 Å². The summed E-state index contributed by atoms with van der Waals surface area (Å²) in [4.78, 5) is 3.99. The molecule has 0 aromatic carbocycles. The van der Waals surface area contributed by atoms with E-state index in [-0.39, 0.29) is 0 Å². The van der Waals surface area contributed by atoms with Crippen LogP contribution in [0.5, 0.6) is 0 Å². The Balaban J connectivity index is 2.34. The molecule has 0 atom stereocenters. The van der Waals surface area contributed by atoms with Crippen LogP contribution in [-0.2, 0) is 0 Å². The van der Waals surface area contributed by atoms with Crippen LogP contribution in [0.2, 0.25) is 0 Å². The molecular formula is C11H15N3S. The molecule has 4 heteroatoms. The van der Waals surface area contributed by atoms with Crippen molar-refractivity contribution in [2.75, 3.05) is 23.9 Å². The second-order valence-electron chi connectivity index (χ2n) is 3.16. The number of nitriles is 1. The Morgan fingerprint density at radius 2 is 2.40 bits per heavy atom. The van der Waals surface area contributed by atoms with E-state index in [0.29, 0.717) is 5.56 Å². The van der Waals surface area contributed by atoms with Gasteiger partial charge in [-0.15, -0.1) is 0 Å². The number of unbranched alkanes of at least 4 members (excludes halogenated alkanes) is 1. The zero-order valence-corrected chi connectivity index (χ0v) is 9.68. The molecule has 0 fully saturated rings. The second-order valence-corrected chi connectivity index (χ2v) is 4.15. The van der Waals surface area contributed by atoms with Crippen LogP contribution in [0, 0.1) is 11.3 Å². The fourth-order valence-corrected chi connectivity index (χ4v) is 1.72. The molecule has 1 N–H and O–H groups in total. The Morgan fingerprint density at radius 3 is 3.13 bits per heavy atom. The highest BCUT2D eigenvalue weighted by Crippen LogP contribution is 2.11. The molecule has 0 saturated carbocycles. The number of anilines is 1. The average molecular weight is 221 g/mol. The Bertz CT molecular complexity index is 333. The van der Waals surface area contributed by atoms with Crippen molar-refractivity contribution in [3.63, 3.8) is 0 Å². The topological polar surface area (TPSA) is 48.7 Å². The maximum Gasteiger partial charge on any atom is 0.101 e. The molecule has 3 nitrogen and oxygen atoms in total. The Kier molecular flexibility index (Phi) is 5.64. The highest BCUT2D eigenvalue weighted by Gasteiger charge is 1.99. The Morgan fingerprint density at radius 1 is 1.53 bits per heavy atom. The smallest absolute Gasteiger partial charge is 0.101 e. The van der Waals surface area contributed by atoms with Gasteiger partial charge in [0, 0.05) is 12.7 Å². The van der Waals surface area contributed by atoms with Gasteiger partial charge >= 0.3 is 0 Å². The molecule has 0 aliphatic heterocycles. The normalized spacial score (nSPS) is 9.60. The van der Waals surface area contributed by atoms with E-state index in [4.69, 9.17) is 5.26 Å². The predicted octanol–water partition coefficient (Wildman–Crippen LogP) is 2.51. The van der Waals surface area contributed by atoms with Crippen LogP contribution < -0.4 is 5.32 Å². The fourth-order valence-electron chi connectivity index (χ4n) is 1.23. The minimum Gasteiger partial charge on any atom is -0.383 e. The molecule has 0 unspecified atom stereocenters. The number of nitrogens with zero attached hydrogens (tertiary/aromatic N) is 2. The number of thioether (sulfide) groups is 1. The van der Waals surface area contributed by atoms with Gasteiger partial charge in [-0.05, 0) is 30.9 Å². The standard InChI is InChI=1S/C11H15N3S/c1-15-7-3-2-5-14-11-9-13-6-4-10(11)8-12/h4,6,9,14H,2-3,5,7H2,1H3. The summed E-state index contributed by atoms with van der Waals surface area (Å²) in [7, 11) is 0. The van der Waals surface area contributed by atoms with E-state index < -0.39 is 0 Å². The highest BCUT2D eigenvalue weighted by molar-refractivity contribution is 7.98. The van der Waals surface area contributed by atoms with Gasteiger partial charge in [0.05, 0.1) is 17.4 Å². The van der Waals surface area contributed by atoms with Crippen LogP contribution in [-0.4, -0.2) is 23.5 Å². The largest absolute Gasteiger partial charge is 0.383 e. The highest BCUT2D eigenvalue weighted by atomic mass is 32.2. The van der Waals surface area contributed by atoms with E-state index in [0.717, 1.165) is 18.7 Å². The summed E-state index contributed by atoms with van der Waals surface area (Å²) in [5.41, 5.74) is 1.50. The maximum absolute atomic E-state index is 8.84. The summed E-state index contributed by atoms with van der Waals surface area (Å²) in [6, 6.07) is 3.87. The van der Waals surface area contributed by atoms with Gasteiger partial charge in [-0.2, -0.15) is 17.0 Å². The maximum atomic E-state index is 8.84. The number of aromatic nitrogens is 1. The van der Waals surface area contributed by atoms with Crippen molar-refractivity contribution in [2.24, 2.45) is 0 Å². The van der Waals surface area contributed by atoms with Crippen LogP contribution >= 0.6 is 11.8 Å². The molecule has 0 aliphatic carbocycles. The lowest BCUT2D eigenvalue weighted by Gasteiger charge is -2.06. The summed E-state index contributed by atoms with van der Waals surface area (Å²) in [5, 5.41) is 12.1. The SMILES string of the molecule is CSCCCCNc1cnccc1C#N. The number of nitrogens with one attached hydrogen (secondary N) is 1. The van der Waals surface area contributed by atoms with Gasteiger partial charge in [0.15, 0.2) is 0 Å². The molecule has 80 valence electrons. The zero-order chi connectivity index (χ0) is 10.9. The number of rotatable bonds is 6. The van der Waals surface area contributed by atoms with Crippen molar-refractivity contribution in [3.05, 3.63) is 24.0 Å². The molecule has 0 saturated heterocycles. The summed E-state index contributed by atoms with van der Waals surface area (Å²) in [6.45, 7) is 0.904. The van der Waals surface area contributed by atoms with E-state index in [1.54, 1.807) is 18.5 Å². The van der Waals surface area contributed by atoms with Crippen LogP contribution in [0.3, 0.4) is 0 Å². The van der Waals surface area contributed by atoms with Crippen molar-refractivity contribution in [2.45, 2.75) is 12.8 Å². The molecule has 0 spiro atoms. The molecule has 15 heavy (non-hydrogen) atoms. The minimum atomic E-state index is 0.662. The first-order chi connectivity index (χ1) is 7.38. The molecule has 1 heterocycles. The Labute approximate surface area is 94.9 Å². The lowest BCUT2D eigenvalue weighted by atomic mass is 10.2. The van der Waals surface area contributed by atoms with E-state index >= 15 is 0 Å². The number of hydrogen-bond acceptors (Lipinski definition) is 4. The summed E-state index contributed by atoms with van der Waals surface area (Å²) in [5.74, 6) is 1.19. The Hall–Kier alpha value is -1.21. The van der Waals surface area contributed by atoms with Crippen LogP contribution in [0.4, 0.5) is 5.69 Å². The van der Waals surface area contributed by atoms with E-state index in [2.05, 4.69) is 22.6 Å².